The van der Waals surface area contributed by atoms with Gasteiger partial charge in [0.05, 0.1) is 16.1 Å². The predicted octanol–water partition coefficient (Wildman–Crippen LogP) is 3.93. The average molecular weight is 372 g/mol. The van der Waals surface area contributed by atoms with Crippen molar-refractivity contribution in [2.75, 3.05) is 6.61 Å². The zero-order chi connectivity index (χ0) is 15.2. The summed E-state index contributed by atoms with van der Waals surface area (Å²) in [5.41, 5.74) is 7.51. The van der Waals surface area contributed by atoms with E-state index in [-0.39, 0.29) is 0 Å². The number of benzene rings is 1. The molecule has 21 heavy (non-hydrogen) atoms. The van der Waals surface area contributed by atoms with E-state index in [4.69, 9.17) is 26.8 Å². The van der Waals surface area contributed by atoms with Crippen molar-refractivity contribution in [1.82, 2.24) is 4.98 Å². The zero-order valence-corrected chi connectivity index (χ0v) is 13.9. The lowest BCUT2D eigenvalue weighted by molar-refractivity contribution is 0.267. The van der Waals surface area contributed by atoms with Crippen LogP contribution in [0.5, 0.6) is 11.5 Å². The molecule has 0 saturated heterocycles. The van der Waals surface area contributed by atoms with Gasteiger partial charge in [-0.25, -0.2) is 0 Å². The number of hydrogen-bond acceptors (Lipinski definition) is 4. The Balaban J connectivity index is 2.24. The first-order valence-corrected chi connectivity index (χ1v) is 7.69. The van der Waals surface area contributed by atoms with Crippen LogP contribution in [0.25, 0.3) is 0 Å². The van der Waals surface area contributed by atoms with Gasteiger partial charge in [-0.1, -0.05) is 11.6 Å². The third-order valence-corrected chi connectivity index (χ3v) is 3.76. The molecule has 1 aromatic heterocycles. The van der Waals surface area contributed by atoms with Crippen LogP contribution in [0.2, 0.25) is 5.02 Å². The maximum absolute atomic E-state index is 6.08. The van der Waals surface area contributed by atoms with Crippen molar-refractivity contribution in [1.29, 1.82) is 0 Å². The molecule has 0 spiro atoms. The number of nitrogens with zero attached hydrogens (tertiary/aromatic N) is 1. The molecular formula is C15H16BrClN2O2. The van der Waals surface area contributed by atoms with Crippen LogP contribution in [-0.2, 0) is 13.2 Å². The van der Waals surface area contributed by atoms with Gasteiger partial charge in [-0.05, 0) is 46.6 Å². The van der Waals surface area contributed by atoms with Gasteiger partial charge < -0.3 is 15.2 Å². The van der Waals surface area contributed by atoms with Gasteiger partial charge in [0.15, 0.2) is 11.5 Å². The van der Waals surface area contributed by atoms with Crippen LogP contribution in [0.4, 0.5) is 0 Å². The predicted molar refractivity (Wildman–Crippen MR) is 86.8 cm³/mol. The molecule has 0 radical (unpaired) electrons. The van der Waals surface area contributed by atoms with Crippen LogP contribution in [0.15, 0.2) is 35.1 Å². The van der Waals surface area contributed by atoms with E-state index < -0.39 is 0 Å². The van der Waals surface area contributed by atoms with Crippen molar-refractivity contribution >= 4 is 27.5 Å². The summed E-state index contributed by atoms with van der Waals surface area (Å²) in [6, 6.07) is 5.63. The fraction of sp³-hybridized carbons (Fsp3) is 0.267. The second kappa shape index (κ2) is 7.64. The maximum atomic E-state index is 6.08. The Kier molecular flexibility index (Phi) is 5.85. The number of pyridine rings is 1. The van der Waals surface area contributed by atoms with Crippen LogP contribution in [0.3, 0.4) is 0 Å². The summed E-state index contributed by atoms with van der Waals surface area (Å²) in [4.78, 5) is 3.95. The van der Waals surface area contributed by atoms with Crippen LogP contribution >= 0.6 is 27.5 Å². The number of hydrogen-bond donors (Lipinski definition) is 1. The van der Waals surface area contributed by atoms with Crippen LogP contribution in [-0.4, -0.2) is 11.6 Å². The molecule has 6 heteroatoms. The van der Waals surface area contributed by atoms with Gasteiger partial charge in [0, 0.05) is 24.5 Å². The fourth-order valence-electron chi connectivity index (χ4n) is 1.81. The molecule has 4 nitrogen and oxygen atoms in total. The summed E-state index contributed by atoms with van der Waals surface area (Å²) in [6.45, 7) is 3.25. The first kappa shape index (κ1) is 16.1. The van der Waals surface area contributed by atoms with Crippen LogP contribution in [0, 0.1) is 0 Å². The molecule has 0 unspecified atom stereocenters. The molecule has 1 aromatic carbocycles. The van der Waals surface area contributed by atoms with Gasteiger partial charge in [0.25, 0.3) is 0 Å². The molecule has 0 amide bonds. The first-order chi connectivity index (χ1) is 10.2. The Labute approximate surface area is 137 Å². The van der Waals surface area contributed by atoms with E-state index in [0.717, 1.165) is 15.6 Å². The molecule has 2 aromatic rings. The lowest BCUT2D eigenvalue weighted by atomic mass is 10.2. The minimum atomic E-state index is 0.335. The molecule has 0 fully saturated rings. The topological polar surface area (TPSA) is 57.4 Å². The van der Waals surface area contributed by atoms with E-state index >= 15 is 0 Å². The summed E-state index contributed by atoms with van der Waals surface area (Å²) in [7, 11) is 0. The number of halogens is 2. The van der Waals surface area contributed by atoms with E-state index in [1.54, 1.807) is 12.4 Å². The largest absolute Gasteiger partial charge is 0.490 e. The Morgan fingerprint density at radius 1 is 1.33 bits per heavy atom. The first-order valence-electron chi connectivity index (χ1n) is 6.52. The van der Waals surface area contributed by atoms with E-state index in [1.165, 1.54) is 0 Å². The van der Waals surface area contributed by atoms with Gasteiger partial charge in [-0.15, -0.1) is 0 Å². The average Bonchev–Trinajstić information content (AvgIpc) is 2.48. The van der Waals surface area contributed by atoms with Crippen molar-refractivity contribution in [2.45, 2.75) is 20.1 Å². The summed E-state index contributed by atoms with van der Waals surface area (Å²) >= 11 is 9.57. The molecule has 112 valence electrons. The van der Waals surface area contributed by atoms with E-state index in [2.05, 4.69) is 20.9 Å². The molecule has 0 bridgehead atoms. The normalized spacial score (nSPS) is 10.5. The summed E-state index contributed by atoms with van der Waals surface area (Å²) in [5, 5.41) is 0.574. The van der Waals surface area contributed by atoms with Gasteiger partial charge in [0.1, 0.15) is 6.61 Å². The smallest absolute Gasteiger partial charge is 0.175 e. The second-order valence-electron chi connectivity index (χ2n) is 4.30. The summed E-state index contributed by atoms with van der Waals surface area (Å²) in [5.74, 6) is 1.31. The highest BCUT2D eigenvalue weighted by molar-refractivity contribution is 9.10. The highest BCUT2D eigenvalue weighted by Crippen LogP contribution is 2.37. The fourth-order valence-corrected chi connectivity index (χ4v) is 2.59. The number of nitrogens with two attached hydrogens (primary N) is 1. The third-order valence-electron chi connectivity index (χ3n) is 2.83. The molecule has 0 aliphatic carbocycles. The number of rotatable bonds is 6. The summed E-state index contributed by atoms with van der Waals surface area (Å²) in [6.07, 6.45) is 3.27. The zero-order valence-electron chi connectivity index (χ0n) is 11.6. The van der Waals surface area contributed by atoms with E-state index in [1.807, 2.05) is 25.1 Å². The Bertz CT molecular complexity index is 623. The van der Waals surface area contributed by atoms with E-state index in [0.29, 0.717) is 36.3 Å². The SMILES string of the molecule is CCOc1cc(CN)cc(Br)c1OCc1ccncc1Cl. The monoisotopic (exact) mass is 370 g/mol. The minimum absolute atomic E-state index is 0.335. The van der Waals surface area contributed by atoms with Crippen molar-refractivity contribution in [3.8, 4) is 11.5 Å². The quantitative estimate of drug-likeness (QED) is 0.836. The van der Waals surface area contributed by atoms with Gasteiger partial charge in [-0.3, -0.25) is 4.98 Å². The lowest BCUT2D eigenvalue weighted by Gasteiger charge is -2.15. The Hall–Kier alpha value is -1.30. The maximum Gasteiger partial charge on any atom is 0.175 e. The Morgan fingerprint density at radius 3 is 2.81 bits per heavy atom. The minimum Gasteiger partial charge on any atom is -0.490 e. The van der Waals surface area contributed by atoms with Gasteiger partial charge in [0.2, 0.25) is 0 Å². The van der Waals surface area contributed by atoms with Gasteiger partial charge >= 0.3 is 0 Å². The number of ether oxygens (including phenoxy) is 2. The second-order valence-corrected chi connectivity index (χ2v) is 5.56. The third kappa shape index (κ3) is 4.09. The van der Waals surface area contributed by atoms with Crippen LogP contribution in [0.1, 0.15) is 18.1 Å². The van der Waals surface area contributed by atoms with E-state index in [9.17, 15) is 0 Å². The number of aromatic nitrogens is 1. The molecule has 0 atom stereocenters. The molecular weight excluding hydrogens is 356 g/mol. The molecule has 2 N–H and O–H groups in total. The lowest BCUT2D eigenvalue weighted by Crippen LogP contribution is -2.03. The summed E-state index contributed by atoms with van der Waals surface area (Å²) < 4.78 is 12.3. The molecule has 0 aliphatic rings. The highest BCUT2D eigenvalue weighted by Gasteiger charge is 2.13. The van der Waals surface area contributed by atoms with Gasteiger partial charge in [-0.2, -0.15) is 0 Å². The molecule has 2 rings (SSSR count). The van der Waals surface area contributed by atoms with Crippen molar-refractivity contribution in [3.63, 3.8) is 0 Å². The molecule has 1 heterocycles. The van der Waals surface area contributed by atoms with Crippen molar-refractivity contribution in [3.05, 3.63) is 51.2 Å². The Morgan fingerprint density at radius 2 is 2.14 bits per heavy atom. The standard InChI is InChI=1S/C15H16BrClN2O2/c1-2-20-14-6-10(7-18)5-12(16)15(14)21-9-11-3-4-19-8-13(11)17/h3-6,8H,2,7,9,18H2,1H3. The van der Waals surface area contributed by atoms with Crippen LogP contribution < -0.4 is 15.2 Å². The molecule has 0 aliphatic heterocycles. The van der Waals surface area contributed by atoms with Crippen molar-refractivity contribution < 1.29 is 9.47 Å². The van der Waals surface area contributed by atoms with Crippen molar-refractivity contribution in [2.24, 2.45) is 5.73 Å². The highest BCUT2D eigenvalue weighted by atomic mass is 79.9. The molecule has 0 saturated carbocycles.